The van der Waals surface area contributed by atoms with E-state index in [2.05, 4.69) is 33.6 Å². The van der Waals surface area contributed by atoms with Crippen LogP contribution in [0.15, 0.2) is 67.0 Å². The third-order valence-electron chi connectivity index (χ3n) is 4.83. The molecule has 0 unspecified atom stereocenters. The third kappa shape index (κ3) is 2.16. The summed E-state index contributed by atoms with van der Waals surface area (Å²) in [7, 11) is 0. The van der Waals surface area contributed by atoms with Gasteiger partial charge in [-0.3, -0.25) is 4.79 Å². The zero-order valence-electron chi connectivity index (χ0n) is 13.4. The van der Waals surface area contributed by atoms with E-state index in [1.807, 2.05) is 48.8 Å². The minimum atomic E-state index is 0.000659. The summed E-state index contributed by atoms with van der Waals surface area (Å²) in [4.78, 5) is 15.6. The molecule has 2 N–H and O–H groups in total. The van der Waals surface area contributed by atoms with Crippen LogP contribution in [0.1, 0.15) is 23.5 Å². The molecule has 1 amide bonds. The van der Waals surface area contributed by atoms with Gasteiger partial charge in [0.15, 0.2) is 0 Å². The summed E-state index contributed by atoms with van der Waals surface area (Å²) in [5.74, 6) is 0.781. The number of amides is 1. The van der Waals surface area contributed by atoms with Gasteiger partial charge < -0.3 is 10.3 Å². The smallest absolute Gasteiger partial charge is 0.226 e. The number of carbonyl (C=O) groups is 1. The van der Waals surface area contributed by atoms with Gasteiger partial charge in [-0.2, -0.15) is 5.10 Å². The number of para-hydroxylation sites is 1. The maximum absolute atomic E-state index is 12.4. The molecule has 0 saturated heterocycles. The lowest BCUT2D eigenvalue weighted by Gasteiger charge is -2.24. The topological polar surface area (TPSA) is 62.7 Å². The summed E-state index contributed by atoms with van der Waals surface area (Å²) < 4.78 is 1.80. The Bertz CT molecular complexity index is 1080. The van der Waals surface area contributed by atoms with E-state index in [4.69, 9.17) is 0 Å². The first kappa shape index (κ1) is 14.0. The molecule has 0 aliphatic carbocycles. The zero-order valence-corrected chi connectivity index (χ0v) is 13.4. The summed E-state index contributed by atoms with van der Waals surface area (Å²) in [6, 6.07) is 18.1. The Morgan fingerprint density at radius 3 is 2.76 bits per heavy atom. The first-order valence-corrected chi connectivity index (χ1v) is 8.30. The number of hydrogen-bond acceptors (Lipinski definition) is 2. The highest BCUT2D eigenvalue weighted by atomic mass is 16.1. The van der Waals surface area contributed by atoms with Gasteiger partial charge in [-0.05, 0) is 29.8 Å². The van der Waals surface area contributed by atoms with Crippen LogP contribution in [0.3, 0.4) is 0 Å². The molecule has 5 heteroatoms. The molecule has 0 fully saturated rings. The fourth-order valence-corrected chi connectivity index (χ4v) is 3.68. The van der Waals surface area contributed by atoms with Gasteiger partial charge in [-0.25, -0.2) is 4.68 Å². The average molecular weight is 328 g/mol. The molecule has 1 aliphatic heterocycles. The van der Waals surface area contributed by atoms with Crippen molar-refractivity contribution in [2.24, 2.45) is 0 Å². The monoisotopic (exact) mass is 328 g/mol. The number of hydrogen-bond donors (Lipinski definition) is 2. The Kier molecular flexibility index (Phi) is 3.00. The van der Waals surface area contributed by atoms with E-state index in [0.29, 0.717) is 6.42 Å². The Labute approximate surface area is 144 Å². The van der Waals surface area contributed by atoms with Crippen LogP contribution in [0.25, 0.3) is 16.6 Å². The van der Waals surface area contributed by atoms with Crippen molar-refractivity contribution in [3.05, 3.63) is 78.1 Å². The fraction of sp³-hybridized carbons (Fsp3) is 0.100. The van der Waals surface area contributed by atoms with Crippen LogP contribution in [0.5, 0.6) is 0 Å². The van der Waals surface area contributed by atoms with Crippen molar-refractivity contribution in [3.63, 3.8) is 0 Å². The normalized spacial score (nSPS) is 16.6. The van der Waals surface area contributed by atoms with Gasteiger partial charge in [0.05, 0.1) is 11.9 Å². The van der Waals surface area contributed by atoms with Crippen LogP contribution in [0.4, 0.5) is 5.82 Å². The predicted octanol–water partition coefficient (Wildman–Crippen LogP) is 3.83. The molecule has 25 heavy (non-hydrogen) atoms. The Morgan fingerprint density at radius 1 is 1.00 bits per heavy atom. The second-order valence-corrected chi connectivity index (χ2v) is 6.29. The molecular formula is C20H16N4O. The predicted molar refractivity (Wildman–Crippen MR) is 97.0 cm³/mol. The Hall–Kier alpha value is -3.34. The Balaban J connectivity index is 1.69. The van der Waals surface area contributed by atoms with Gasteiger partial charge in [0.1, 0.15) is 5.82 Å². The molecule has 0 spiro atoms. The highest BCUT2D eigenvalue weighted by molar-refractivity contribution is 5.96. The van der Waals surface area contributed by atoms with Crippen molar-refractivity contribution in [2.75, 3.05) is 5.32 Å². The second-order valence-electron chi connectivity index (χ2n) is 6.29. The van der Waals surface area contributed by atoms with Crippen molar-refractivity contribution < 1.29 is 4.79 Å². The van der Waals surface area contributed by atoms with E-state index in [9.17, 15) is 4.79 Å². The number of fused-ring (bicyclic) bond motifs is 2. The molecule has 1 atom stereocenters. The van der Waals surface area contributed by atoms with Crippen molar-refractivity contribution >= 4 is 22.6 Å². The molecule has 4 aromatic rings. The molecule has 5 rings (SSSR count). The van der Waals surface area contributed by atoms with Gasteiger partial charge in [-0.15, -0.1) is 0 Å². The number of aromatic nitrogens is 3. The van der Waals surface area contributed by atoms with E-state index >= 15 is 0 Å². The molecule has 2 aromatic carbocycles. The number of benzene rings is 2. The first-order valence-electron chi connectivity index (χ1n) is 8.30. The molecule has 0 saturated carbocycles. The molecule has 0 bridgehead atoms. The van der Waals surface area contributed by atoms with Crippen LogP contribution in [-0.4, -0.2) is 20.7 Å². The van der Waals surface area contributed by atoms with Crippen molar-refractivity contribution in [2.45, 2.75) is 12.3 Å². The van der Waals surface area contributed by atoms with Gasteiger partial charge in [0.2, 0.25) is 5.91 Å². The lowest BCUT2D eigenvalue weighted by molar-refractivity contribution is -0.116. The van der Waals surface area contributed by atoms with Gasteiger partial charge >= 0.3 is 0 Å². The maximum atomic E-state index is 12.4. The third-order valence-corrected chi connectivity index (χ3v) is 4.83. The van der Waals surface area contributed by atoms with Crippen molar-refractivity contribution in [1.82, 2.24) is 14.8 Å². The van der Waals surface area contributed by atoms with Crippen LogP contribution < -0.4 is 5.32 Å². The molecule has 5 nitrogen and oxygen atoms in total. The number of aromatic amines is 1. The summed E-state index contributed by atoms with van der Waals surface area (Å²) in [6.45, 7) is 0. The van der Waals surface area contributed by atoms with E-state index in [1.54, 1.807) is 4.68 Å². The SMILES string of the molecule is O=C1C[C@@H](c2cccc3[nH]ccc23)c2cnn(-c3ccccc3)c2N1. The summed E-state index contributed by atoms with van der Waals surface area (Å²) in [6.07, 6.45) is 4.24. The number of carbonyl (C=O) groups excluding carboxylic acids is 1. The largest absolute Gasteiger partial charge is 0.361 e. The minimum Gasteiger partial charge on any atom is -0.361 e. The molecule has 0 radical (unpaired) electrons. The van der Waals surface area contributed by atoms with E-state index in [1.165, 1.54) is 0 Å². The quantitative estimate of drug-likeness (QED) is 0.587. The molecule has 3 heterocycles. The van der Waals surface area contributed by atoms with Crippen LogP contribution >= 0.6 is 0 Å². The summed E-state index contributed by atoms with van der Waals surface area (Å²) in [5.41, 5.74) is 4.23. The van der Waals surface area contributed by atoms with Crippen molar-refractivity contribution in [3.8, 4) is 5.69 Å². The molecule has 2 aromatic heterocycles. The first-order chi connectivity index (χ1) is 12.3. The highest BCUT2D eigenvalue weighted by Crippen LogP contribution is 2.40. The fourth-order valence-electron chi connectivity index (χ4n) is 3.68. The molecular weight excluding hydrogens is 312 g/mol. The van der Waals surface area contributed by atoms with E-state index in [0.717, 1.165) is 33.5 Å². The summed E-state index contributed by atoms with van der Waals surface area (Å²) >= 11 is 0. The van der Waals surface area contributed by atoms with Gasteiger partial charge in [-0.1, -0.05) is 30.3 Å². The van der Waals surface area contributed by atoms with Gasteiger partial charge in [0.25, 0.3) is 0 Å². The van der Waals surface area contributed by atoms with E-state index in [-0.39, 0.29) is 11.8 Å². The van der Waals surface area contributed by atoms with Crippen LogP contribution in [-0.2, 0) is 4.79 Å². The molecule has 1 aliphatic rings. The number of anilines is 1. The number of rotatable bonds is 2. The standard InChI is InChI=1S/C20H16N4O/c25-19-11-16(14-7-4-8-18-15(14)9-10-21-18)17-12-22-24(20(17)23-19)13-5-2-1-3-6-13/h1-10,12,16,21H,11H2,(H,23,25)/t16-/m0/s1. The average Bonchev–Trinajstić information content (AvgIpc) is 3.28. The zero-order chi connectivity index (χ0) is 16.8. The minimum absolute atomic E-state index is 0.000659. The van der Waals surface area contributed by atoms with Crippen LogP contribution in [0, 0.1) is 0 Å². The van der Waals surface area contributed by atoms with Gasteiger partial charge in [0, 0.05) is 35.0 Å². The molecule has 122 valence electrons. The van der Waals surface area contributed by atoms with E-state index < -0.39 is 0 Å². The second kappa shape index (κ2) is 5.34. The number of nitrogens with zero attached hydrogens (tertiary/aromatic N) is 2. The highest BCUT2D eigenvalue weighted by Gasteiger charge is 2.31. The number of nitrogens with one attached hydrogen (secondary N) is 2. The lowest BCUT2D eigenvalue weighted by atomic mass is 9.85. The maximum Gasteiger partial charge on any atom is 0.226 e. The summed E-state index contributed by atoms with van der Waals surface area (Å²) in [5, 5.41) is 8.70. The lowest BCUT2D eigenvalue weighted by Crippen LogP contribution is -2.24. The van der Waals surface area contributed by atoms with Crippen LogP contribution in [0.2, 0.25) is 0 Å². The Morgan fingerprint density at radius 2 is 1.88 bits per heavy atom. The van der Waals surface area contributed by atoms with Crippen molar-refractivity contribution in [1.29, 1.82) is 0 Å². The number of H-pyrrole nitrogens is 1.